The van der Waals surface area contributed by atoms with Crippen molar-refractivity contribution in [3.8, 4) is 0 Å². The predicted octanol–water partition coefficient (Wildman–Crippen LogP) is 0.444. The molecular formula is C8H19NO3. The highest BCUT2D eigenvalue weighted by Crippen LogP contribution is 2.03. The first kappa shape index (κ1) is 11.8. The highest BCUT2D eigenvalue weighted by molar-refractivity contribution is 4.56. The first-order valence-electron chi connectivity index (χ1n) is 4.35. The summed E-state index contributed by atoms with van der Waals surface area (Å²) in [7, 11) is 0. The summed E-state index contributed by atoms with van der Waals surface area (Å²) in [4.78, 5) is 0. The van der Waals surface area contributed by atoms with Crippen LogP contribution in [0.25, 0.3) is 0 Å². The smallest absolute Gasteiger partial charge is 0.224 e. The zero-order valence-electron chi connectivity index (χ0n) is 7.88. The molecule has 0 rings (SSSR count). The maximum atomic E-state index is 9.29. The molecule has 0 aromatic rings. The monoisotopic (exact) mass is 177 g/mol. The lowest BCUT2D eigenvalue weighted by atomic mass is 10.3. The number of nitrogens with two attached hydrogens (primary N) is 1. The summed E-state index contributed by atoms with van der Waals surface area (Å²) in [5.74, 6) is -1.53. The SMILES string of the molecule is CCCOCCC(N)(O)OCC. The van der Waals surface area contributed by atoms with Gasteiger partial charge >= 0.3 is 0 Å². The van der Waals surface area contributed by atoms with Crippen LogP contribution in [0.2, 0.25) is 0 Å². The van der Waals surface area contributed by atoms with Gasteiger partial charge in [0.2, 0.25) is 5.91 Å². The number of hydrogen-bond donors (Lipinski definition) is 2. The van der Waals surface area contributed by atoms with E-state index in [1.807, 2.05) is 6.92 Å². The first-order valence-corrected chi connectivity index (χ1v) is 4.35. The van der Waals surface area contributed by atoms with Crippen molar-refractivity contribution >= 4 is 0 Å². The van der Waals surface area contributed by atoms with Crippen LogP contribution in [0.15, 0.2) is 0 Å². The molecule has 74 valence electrons. The van der Waals surface area contributed by atoms with Gasteiger partial charge in [0, 0.05) is 19.6 Å². The van der Waals surface area contributed by atoms with Gasteiger partial charge in [-0.15, -0.1) is 0 Å². The molecule has 0 aliphatic heterocycles. The van der Waals surface area contributed by atoms with E-state index in [4.69, 9.17) is 15.2 Å². The molecule has 0 bridgehead atoms. The van der Waals surface area contributed by atoms with Crippen molar-refractivity contribution in [2.75, 3.05) is 19.8 Å². The van der Waals surface area contributed by atoms with Crippen LogP contribution in [-0.4, -0.2) is 30.8 Å². The van der Waals surface area contributed by atoms with Crippen molar-refractivity contribution in [2.24, 2.45) is 5.73 Å². The Morgan fingerprint density at radius 3 is 2.50 bits per heavy atom. The highest BCUT2D eigenvalue weighted by atomic mass is 16.6. The summed E-state index contributed by atoms with van der Waals surface area (Å²) in [5.41, 5.74) is 5.36. The van der Waals surface area contributed by atoms with E-state index in [1.165, 1.54) is 0 Å². The molecule has 1 unspecified atom stereocenters. The van der Waals surface area contributed by atoms with E-state index >= 15 is 0 Å². The third kappa shape index (κ3) is 6.54. The standard InChI is InChI=1S/C8H19NO3/c1-3-6-11-7-5-8(9,10)12-4-2/h10H,3-7,9H2,1-2H3. The molecule has 12 heavy (non-hydrogen) atoms. The molecule has 0 saturated heterocycles. The van der Waals surface area contributed by atoms with Crippen LogP contribution >= 0.6 is 0 Å². The van der Waals surface area contributed by atoms with Crippen molar-refractivity contribution in [1.82, 2.24) is 0 Å². The maximum Gasteiger partial charge on any atom is 0.224 e. The molecule has 0 radical (unpaired) electrons. The average molecular weight is 177 g/mol. The number of hydrogen-bond acceptors (Lipinski definition) is 4. The van der Waals surface area contributed by atoms with Crippen molar-refractivity contribution < 1.29 is 14.6 Å². The van der Waals surface area contributed by atoms with Crippen LogP contribution in [0.3, 0.4) is 0 Å². The molecule has 0 heterocycles. The van der Waals surface area contributed by atoms with Crippen LogP contribution in [0.1, 0.15) is 26.7 Å². The molecule has 0 spiro atoms. The molecule has 4 nitrogen and oxygen atoms in total. The van der Waals surface area contributed by atoms with Crippen LogP contribution in [0.5, 0.6) is 0 Å². The zero-order valence-corrected chi connectivity index (χ0v) is 7.88. The van der Waals surface area contributed by atoms with E-state index < -0.39 is 5.91 Å². The summed E-state index contributed by atoms with van der Waals surface area (Å²) in [6, 6.07) is 0. The molecule has 0 aliphatic rings. The second-order valence-corrected chi connectivity index (χ2v) is 2.64. The Labute approximate surface area is 73.7 Å². The van der Waals surface area contributed by atoms with Crippen molar-refractivity contribution in [3.05, 3.63) is 0 Å². The van der Waals surface area contributed by atoms with Crippen molar-refractivity contribution in [2.45, 2.75) is 32.6 Å². The molecular weight excluding hydrogens is 158 g/mol. The third-order valence-corrected chi connectivity index (χ3v) is 1.35. The number of ether oxygens (including phenoxy) is 2. The van der Waals surface area contributed by atoms with Gasteiger partial charge in [-0.05, 0) is 13.3 Å². The van der Waals surface area contributed by atoms with Crippen molar-refractivity contribution in [3.63, 3.8) is 0 Å². The van der Waals surface area contributed by atoms with E-state index in [0.717, 1.165) is 6.42 Å². The Balaban J connectivity index is 3.33. The van der Waals surface area contributed by atoms with E-state index in [-0.39, 0.29) is 0 Å². The van der Waals surface area contributed by atoms with E-state index in [1.54, 1.807) is 6.92 Å². The third-order valence-electron chi connectivity index (χ3n) is 1.35. The topological polar surface area (TPSA) is 64.7 Å². The van der Waals surface area contributed by atoms with Gasteiger partial charge in [-0.1, -0.05) is 6.92 Å². The van der Waals surface area contributed by atoms with Gasteiger partial charge in [-0.3, -0.25) is 5.73 Å². The van der Waals surface area contributed by atoms with Gasteiger partial charge in [-0.2, -0.15) is 0 Å². The number of rotatable bonds is 7. The normalized spacial score (nSPS) is 16.0. The minimum absolute atomic E-state index is 0.306. The molecule has 0 aliphatic carbocycles. The summed E-state index contributed by atoms with van der Waals surface area (Å²) in [6.07, 6.45) is 1.28. The van der Waals surface area contributed by atoms with Crippen molar-refractivity contribution in [1.29, 1.82) is 0 Å². The largest absolute Gasteiger partial charge is 0.381 e. The predicted molar refractivity (Wildman–Crippen MR) is 46.5 cm³/mol. The lowest BCUT2D eigenvalue weighted by Gasteiger charge is -2.22. The van der Waals surface area contributed by atoms with Gasteiger partial charge in [0.25, 0.3) is 0 Å². The average Bonchev–Trinajstić information content (AvgIpc) is 1.98. The van der Waals surface area contributed by atoms with Gasteiger partial charge in [-0.25, -0.2) is 0 Å². The maximum absolute atomic E-state index is 9.29. The molecule has 3 N–H and O–H groups in total. The molecule has 0 fully saturated rings. The zero-order chi connectivity index (χ0) is 9.45. The van der Waals surface area contributed by atoms with E-state index in [0.29, 0.717) is 26.2 Å². The molecule has 4 heteroatoms. The summed E-state index contributed by atoms with van der Waals surface area (Å²) >= 11 is 0. The second kappa shape index (κ2) is 6.37. The van der Waals surface area contributed by atoms with Crippen LogP contribution in [0, 0.1) is 0 Å². The second-order valence-electron chi connectivity index (χ2n) is 2.64. The van der Waals surface area contributed by atoms with Gasteiger partial charge in [0.1, 0.15) is 0 Å². The van der Waals surface area contributed by atoms with Crippen LogP contribution in [-0.2, 0) is 9.47 Å². The Kier molecular flexibility index (Phi) is 6.28. The minimum atomic E-state index is -1.53. The Morgan fingerprint density at radius 2 is 2.00 bits per heavy atom. The molecule has 0 saturated carbocycles. The van der Waals surface area contributed by atoms with Crippen LogP contribution < -0.4 is 5.73 Å². The Morgan fingerprint density at radius 1 is 1.33 bits per heavy atom. The lowest BCUT2D eigenvalue weighted by Crippen LogP contribution is -2.43. The summed E-state index contributed by atoms with van der Waals surface area (Å²) in [6.45, 7) is 5.34. The summed E-state index contributed by atoms with van der Waals surface area (Å²) < 4.78 is 10.0. The quantitative estimate of drug-likeness (QED) is 0.437. The molecule has 1 atom stereocenters. The van der Waals surface area contributed by atoms with E-state index in [9.17, 15) is 5.11 Å². The Hall–Kier alpha value is -0.160. The fraction of sp³-hybridized carbons (Fsp3) is 1.00. The molecule has 0 aromatic carbocycles. The fourth-order valence-electron chi connectivity index (χ4n) is 0.787. The van der Waals surface area contributed by atoms with Gasteiger partial charge < -0.3 is 14.6 Å². The van der Waals surface area contributed by atoms with E-state index in [2.05, 4.69) is 0 Å². The highest BCUT2D eigenvalue weighted by Gasteiger charge is 2.19. The Bertz CT molecular complexity index is 106. The fourth-order valence-corrected chi connectivity index (χ4v) is 0.787. The lowest BCUT2D eigenvalue weighted by molar-refractivity contribution is -0.206. The van der Waals surface area contributed by atoms with Gasteiger partial charge in [0.05, 0.1) is 6.61 Å². The van der Waals surface area contributed by atoms with Crippen LogP contribution in [0.4, 0.5) is 0 Å². The minimum Gasteiger partial charge on any atom is -0.381 e. The molecule has 0 amide bonds. The summed E-state index contributed by atoms with van der Waals surface area (Å²) in [5, 5.41) is 9.29. The van der Waals surface area contributed by atoms with Gasteiger partial charge in [0.15, 0.2) is 0 Å². The molecule has 0 aromatic heterocycles. The number of aliphatic hydroxyl groups is 1. The first-order chi connectivity index (χ1) is 5.62.